The van der Waals surface area contributed by atoms with Crippen LogP contribution in [-0.4, -0.2) is 51.9 Å². The molecule has 1 aliphatic heterocycles. The van der Waals surface area contributed by atoms with E-state index in [2.05, 4.69) is 9.62 Å². The number of sulfonamides is 1. The molecule has 0 saturated carbocycles. The van der Waals surface area contributed by atoms with E-state index in [0.717, 1.165) is 11.8 Å². The van der Waals surface area contributed by atoms with Gasteiger partial charge in [-0.2, -0.15) is 0 Å². The lowest BCUT2D eigenvalue weighted by molar-refractivity contribution is -0.130. The number of hydrogen-bond donors (Lipinski definition) is 1. The second kappa shape index (κ2) is 7.84. The molecule has 1 fully saturated rings. The van der Waals surface area contributed by atoms with Crippen molar-refractivity contribution in [3.63, 3.8) is 0 Å². The molecule has 0 atom stereocenters. The lowest BCUT2D eigenvalue weighted by atomic mass is 10.2. The first-order valence-electron chi connectivity index (χ1n) is 8.29. The number of carbonyl (C=O) groups excluding carboxylic acids is 1. The summed E-state index contributed by atoms with van der Waals surface area (Å²) in [7, 11) is -4.06. The van der Waals surface area contributed by atoms with Crippen LogP contribution >= 0.6 is 0 Å². The summed E-state index contributed by atoms with van der Waals surface area (Å²) in [6.07, 6.45) is 0. The molecular formula is C18H20FN3O3S. The highest BCUT2D eigenvalue weighted by atomic mass is 32.2. The molecule has 8 heteroatoms. The topological polar surface area (TPSA) is 69.7 Å². The maximum atomic E-state index is 13.6. The van der Waals surface area contributed by atoms with E-state index in [9.17, 15) is 17.6 Å². The Hall–Kier alpha value is -2.45. The maximum Gasteiger partial charge on any atom is 0.243 e. The number of rotatable bonds is 5. The van der Waals surface area contributed by atoms with Crippen LogP contribution in [-0.2, 0) is 14.8 Å². The minimum Gasteiger partial charge on any atom is -0.368 e. The molecule has 1 aliphatic rings. The first kappa shape index (κ1) is 18.3. The van der Waals surface area contributed by atoms with Crippen LogP contribution in [0.1, 0.15) is 0 Å². The lowest BCUT2D eigenvalue weighted by Crippen LogP contribution is -2.51. The number of hydrogen-bond acceptors (Lipinski definition) is 4. The number of amides is 1. The molecule has 26 heavy (non-hydrogen) atoms. The van der Waals surface area contributed by atoms with Crippen molar-refractivity contribution in [3.8, 4) is 0 Å². The smallest absolute Gasteiger partial charge is 0.243 e. The summed E-state index contributed by atoms with van der Waals surface area (Å²) in [4.78, 5) is 15.6. The van der Waals surface area contributed by atoms with Gasteiger partial charge >= 0.3 is 0 Å². The average molecular weight is 377 g/mol. The molecule has 6 nitrogen and oxygen atoms in total. The SMILES string of the molecule is O=C(CNS(=O)(=O)c1ccccc1F)N1CCN(c2ccccc2)CC1. The number of piperazine rings is 1. The predicted molar refractivity (Wildman–Crippen MR) is 96.8 cm³/mol. The molecule has 1 saturated heterocycles. The molecule has 1 heterocycles. The van der Waals surface area contributed by atoms with Crippen LogP contribution in [0.25, 0.3) is 0 Å². The number of halogens is 1. The minimum atomic E-state index is -4.06. The monoisotopic (exact) mass is 377 g/mol. The summed E-state index contributed by atoms with van der Waals surface area (Å²) in [5, 5.41) is 0. The van der Waals surface area contributed by atoms with Crippen LogP contribution in [0.4, 0.5) is 10.1 Å². The van der Waals surface area contributed by atoms with E-state index >= 15 is 0 Å². The number of nitrogens with one attached hydrogen (secondary N) is 1. The van der Waals surface area contributed by atoms with E-state index in [1.807, 2.05) is 30.3 Å². The Bertz CT molecular complexity index is 866. The maximum absolute atomic E-state index is 13.6. The van der Waals surface area contributed by atoms with Crippen LogP contribution in [0, 0.1) is 5.82 Å². The molecule has 0 radical (unpaired) electrons. The number of benzene rings is 2. The second-order valence-corrected chi connectivity index (χ2v) is 7.69. The van der Waals surface area contributed by atoms with Crippen LogP contribution in [0.3, 0.4) is 0 Å². The van der Waals surface area contributed by atoms with Gasteiger partial charge in [-0.05, 0) is 24.3 Å². The van der Waals surface area contributed by atoms with Crippen molar-refractivity contribution in [2.75, 3.05) is 37.6 Å². The first-order valence-corrected chi connectivity index (χ1v) is 9.78. The minimum absolute atomic E-state index is 0.322. The summed E-state index contributed by atoms with van der Waals surface area (Å²) >= 11 is 0. The molecule has 0 spiro atoms. The Morgan fingerprint density at radius 3 is 2.23 bits per heavy atom. The summed E-state index contributed by atoms with van der Waals surface area (Å²) in [5.41, 5.74) is 1.10. The Morgan fingerprint density at radius 2 is 1.58 bits per heavy atom. The third-order valence-electron chi connectivity index (χ3n) is 4.29. The van der Waals surface area contributed by atoms with Gasteiger partial charge in [0, 0.05) is 31.9 Å². The largest absolute Gasteiger partial charge is 0.368 e. The van der Waals surface area contributed by atoms with Gasteiger partial charge in [0.2, 0.25) is 15.9 Å². The van der Waals surface area contributed by atoms with Gasteiger partial charge in [-0.1, -0.05) is 30.3 Å². The van der Waals surface area contributed by atoms with Crippen molar-refractivity contribution in [3.05, 3.63) is 60.4 Å². The first-order chi connectivity index (χ1) is 12.5. The lowest BCUT2D eigenvalue weighted by Gasteiger charge is -2.36. The van der Waals surface area contributed by atoms with E-state index in [0.29, 0.717) is 26.2 Å². The zero-order chi connectivity index (χ0) is 18.6. The Labute approximate surface area is 152 Å². The fourth-order valence-electron chi connectivity index (χ4n) is 2.86. The van der Waals surface area contributed by atoms with Gasteiger partial charge in [-0.3, -0.25) is 4.79 Å². The van der Waals surface area contributed by atoms with E-state index in [-0.39, 0.29) is 12.5 Å². The zero-order valence-corrected chi connectivity index (χ0v) is 15.0. The molecule has 1 N–H and O–H groups in total. The van der Waals surface area contributed by atoms with Gasteiger partial charge in [0.1, 0.15) is 10.7 Å². The molecule has 138 valence electrons. The van der Waals surface area contributed by atoms with Gasteiger partial charge in [-0.25, -0.2) is 17.5 Å². The van der Waals surface area contributed by atoms with Crippen LogP contribution in [0.15, 0.2) is 59.5 Å². The summed E-state index contributed by atoms with van der Waals surface area (Å²) in [6, 6.07) is 15.0. The van der Waals surface area contributed by atoms with Crippen molar-refractivity contribution in [1.82, 2.24) is 9.62 Å². The predicted octanol–water partition coefficient (Wildman–Crippen LogP) is 1.45. The summed E-state index contributed by atoms with van der Waals surface area (Å²) in [6.45, 7) is 1.98. The fraction of sp³-hybridized carbons (Fsp3) is 0.278. The summed E-state index contributed by atoms with van der Waals surface area (Å²) < 4.78 is 40.1. The van der Waals surface area contributed by atoms with Crippen molar-refractivity contribution in [1.29, 1.82) is 0 Å². The highest BCUT2D eigenvalue weighted by Gasteiger charge is 2.24. The van der Waals surface area contributed by atoms with Gasteiger partial charge in [0.15, 0.2) is 0 Å². The molecule has 2 aromatic carbocycles. The second-order valence-electron chi connectivity index (χ2n) is 5.96. The molecule has 2 aromatic rings. The normalized spacial score (nSPS) is 15.1. The van der Waals surface area contributed by atoms with E-state index in [1.54, 1.807) is 4.90 Å². The van der Waals surface area contributed by atoms with E-state index < -0.39 is 20.7 Å². The molecule has 0 bridgehead atoms. The fourth-order valence-corrected chi connectivity index (χ4v) is 3.91. The standard InChI is InChI=1S/C18H20FN3O3S/c19-16-8-4-5-9-17(16)26(24,25)20-14-18(23)22-12-10-21(11-13-22)15-6-2-1-3-7-15/h1-9,20H,10-14H2. The number of para-hydroxylation sites is 1. The quantitative estimate of drug-likeness (QED) is 0.856. The Balaban J connectivity index is 1.54. The van der Waals surface area contributed by atoms with Crippen molar-refractivity contribution in [2.24, 2.45) is 0 Å². The molecule has 0 unspecified atom stereocenters. The van der Waals surface area contributed by atoms with E-state index in [4.69, 9.17) is 0 Å². The zero-order valence-electron chi connectivity index (χ0n) is 14.1. The Morgan fingerprint density at radius 1 is 0.962 bits per heavy atom. The molecule has 0 aliphatic carbocycles. The molecule has 3 rings (SSSR count). The van der Waals surface area contributed by atoms with Gasteiger partial charge in [0.05, 0.1) is 6.54 Å². The van der Waals surface area contributed by atoms with Gasteiger partial charge in [-0.15, -0.1) is 0 Å². The number of anilines is 1. The molecule has 0 aromatic heterocycles. The Kier molecular flexibility index (Phi) is 5.53. The third-order valence-corrected chi connectivity index (χ3v) is 5.73. The van der Waals surface area contributed by atoms with E-state index in [1.165, 1.54) is 18.2 Å². The highest BCUT2D eigenvalue weighted by molar-refractivity contribution is 7.89. The third kappa shape index (κ3) is 4.20. The average Bonchev–Trinajstić information content (AvgIpc) is 2.67. The summed E-state index contributed by atoms with van der Waals surface area (Å²) in [5.74, 6) is -1.17. The van der Waals surface area contributed by atoms with Crippen LogP contribution < -0.4 is 9.62 Å². The molecule has 1 amide bonds. The van der Waals surface area contributed by atoms with Crippen LogP contribution in [0.5, 0.6) is 0 Å². The van der Waals surface area contributed by atoms with Gasteiger partial charge in [0.25, 0.3) is 0 Å². The van der Waals surface area contributed by atoms with Crippen molar-refractivity contribution >= 4 is 21.6 Å². The van der Waals surface area contributed by atoms with Crippen molar-refractivity contribution < 1.29 is 17.6 Å². The highest BCUT2D eigenvalue weighted by Crippen LogP contribution is 2.16. The molecular weight excluding hydrogens is 357 g/mol. The van der Waals surface area contributed by atoms with Crippen LogP contribution in [0.2, 0.25) is 0 Å². The number of carbonyl (C=O) groups is 1. The van der Waals surface area contributed by atoms with Gasteiger partial charge < -0.3 is 9.80 Å². The number of nitrogens with zero attached hydrogens (tertiary/aromatic N) is 2. The van der Waals surface area contributed by atoms with Crippen molar-refractivity contribution in [2.45, 2.75) is 4.90 Å².